The van der Waals surface area contributed by atoms with Crippen LogP contribution < -0.4 is 0 Å². The van der Waals surface area contributed by atoms with Crippen molar-refractivity contribution in [3.8, 4) is 56.4 Å². The Labute approximate surface area is 338 Å². The largest absolute Gasteiger partial charge is 0.456 e. The SMILES string of the molecule is c1ccc(-c2nc(-c3ccc(-c4cc5ccncc5c5ccc6ccccc6c45)cc3)nc(-c3ccc(-c4cccc5oc6ccccc6c45)c4ccccc34)n2)cc1. The Bertz CT molecular complexity index is 3610. The van der Waals surface area contributed by atoms with E-state index in [2.05, 4.69) is 138 Å². The van der Waals surface area contributed by atoms with Crippen molar-refractivity contribution < 1.29 is 4.42 Å². The van der Waals surface area contributed by atoms with E-state index in [1.165, 1.54) is 27.1 Å². The Kier molecular flexibility index (Phi) is 7.47. The molecular formula is C54H32N4O. The van der Waals surface area contributed by atoms with E-state index in [9.17, 15) is 0 Å². The van der Waals surface area contributed by atoms with Crippen LogP contribution in [0.4, 0.5) is 0 Å². The molecule has 0 atom stereocenters. The van der Waals surface area contributed by atoms with Gasteiger partial charge in [0.05, 0.1) is 0 Å². The van der Waals surface area contributed by atoms with Crippen molar-refractivity contribution in [2.75, 3.05) is 0 Å². The minimum Gasteiger partial charge on any atom is -0.456 e. The van der Waals surface area contributed by atoms with E-state index in [1.54, 1.807) is 0 Å². The summed E-state index contributed by atoms with van der Waals surface area (Å²) in [5, 5.41) is 11.5. The van der Waals surface area contributed by atoms with Crippen LogP contribution in [0.2, 0.25) is 0 Å². The molecule has 0 amide bonds. The van der Waals surface area contributed by atoms with Gasteiger partial charge in [0.2, 0.25) is 0 Å². The number of hydrogen-bond acceptors (Lipinski definition) is 5. The third kappa shape index (κ3) is 5.40. The average molecular weight is 753 g/mol. The van der Waals surface area contributed by atoms with Crippen LogP contribution in [-0.4, -0.2) is 19.9 Å². The van der Waals surface area contributed by atoms with Gasteiger partial charge in [-0.1, -0.05) is 152 Å². The monoisotopic (exact) mass is 752 g/mol. The molecule has 12 aromatic rings. The van der Waals surface area contributed by atoms with Gasteiger partial charge >= 0.3 is 0 Å². The Balaban J connectivity index is 1.02. The van der Waals surface area contributed by atoms with E-state index in [0.29, 0.717) is 17.5 Å². The van der Waals surface area contributed by atoms with Crippen LogP contribution in [0.25, 0.3) is 121 Å². The summed E-state index contributed by atoms with van der Waals surface area (Å²) in [5.74, 6) is 1.86. The Morgan fingerprint density at radius 2 is 0.966 bits per heavy atom. The van der Waals surface area contributed by atoms with Crippen molar-refractivity contribution in [1.82, 2.24) is 19.9 Å². The molecule has 0 spiro atoms. The van der Waals surface area contributed by atoms with Crippen LogP contribution in [0.3, 0.4) is 0 Å². The summed E-state index contributed by atoms with van der Waals surface area (Å²) >= 11 is 0. The summed E-state index contributed by atoms with van der Waals surface area (Å²) in [5.41, 5.74) is 9.08. The maximum Gasteiger partial charge on any atom is 0.164 e. The Hall–Kier alpha value is -8.02. The fourth-order valence-corrected chi connectivity index (χ4v) is 8.87. The molecule has 0 aliphatic rings. The highest BCUT2D eigenvalue weighted by molar-refractivity contribution is 6.23. The first-order valence-corrected chi connectivity index (χ1v) is 19.8. The van der Waals surface area contributed by atoms with Gasteiger partial charge in [0.1, 0.15) is 11.2 Å². The van der Waals surface area contributed by atoms with Gasteiger partial charge < -0.3 is 4.42 Å². The number of rotatable bonds is 5. The molecule has 0 saturated heterocycles. The second-order valence-electron chi connectivity index (χ2n) is 15.0. The first-order chi connectivity index (χ1) is 29.2. The average Bonchev–Trinajstić information content (AvgIpc) is 3.70. The first kappa shape index (κ1) is 33.2. The minimum absolute atomic E-state index is 0.614. The highest BCUT2D eigenvalue weighted by atomic mass is 16.3. The molecule has 0 radical (unpaired) electrons. The highest BCUT2D eigenvalue weighted by Gasteiger charge is 2.19. The molecule has 12 rings (SSSR count). The van der Waals surface area contributed by atoms with Crippen LogP contribution in [-0.2, 0) is 0 Å². The van der Waals surface area contributed by atoms with E-state index < -0.39 is 0 Å². The molecule has 0 aliphatic carbocycles. The third-order valence-corrected chi connectivity index (χ3v) is 11.6. The highest BCUT2D eigenvalue weighted by Crippen LogP contribution is 2.42. The Morgan fingerprint density at radius 1 is 0.322 bits per heavy atom. The van der Waals surface area contributed by atoms with Crippen molar-refractivity contribution in [3.63, 3.8) is 0 Å². The smallest absolute Gasteiger partial charge is 0.164 e. The van der Waals surface area contributed by atoms with Crippen LogP contribution in [0, 0.1) is 0 Å². The fraction of sp³-hybridized carbons (Fsp3) is 0. The van der Waals surface area contributed by atoms with Gasteiger partial charge in [-0.05, 0) is 90.3 Å². The molecule has 0 unspecified atom stereocenters. The summed E-state index contributed by atoms with van der Waals surface area (Å²) < 4.78 is 6.29. The summed E-state index contributed by atoms with van der Waals surface area (Å²) in [7, 11) is 0. The third-order valence-electron chi connectivity index (χ3n) is 11.6. The zero-order chi connectivity index (χ0) is 38.9. The summed E-state index contributed by atoms with van der Waals surface area (Å²) in [4.78, 5) is 19.9. The number of aromatic nitrogens is 4. The molecule has 0 saturated carbocycles. The number of para-hydroxylation sites is 1. The molecule has 274 valence electrons. The molecule has 59 heavy (non-hydrogen) atoms. The summed E-state index contributed by atoms with van der Waals surface area (Å²) in [6.07, 6.45) is 3.84. The topological polar surface area (TPSA) is 64.7 Å². The zero-order valence-corrected chi connectivity index (χ0v) is 31.7. The second-order valence-corrected chi connectivity index (χ2v) is 15.0. The quantitative estimate of drug-likeness (QED) is 0.164. The predicted octanol–water partition coefficient (Wildman–Crippen LogP) is 14.1. The first-order valence-electron chi connectivity index (χ1n) is 19.8. The summed E-state index contributed by atoms with van der Waals surface area (Å²) in [6, 6.07) is 63.6. The lowest BCUT2D eigenvalue weighted by Crippen LogP contribution is -2.01. The van der Waals surface area contributed by atoms with Crippen molar-refractivity contribution in [1.29, 1.82) is 0 Å². The second kappa shape index (κ2) is 13.3. The normalized spacial score (nSPS) is 11.7. The lowest BCUT2D eigenvalue weighted by atomic mass is 9.90. The van der Waals surface area contributed by atoms with E-state index >= 15 is 0 Å². The molecule has 5 heteroatoms. The zero-order valence-electron chi connectivity index (χ0n) is 31.7. The number of fused-ring (bicyclic) bond motifs is 9. The van der Waals surface area contributed by atoms with Gasteiger partial charge in [0.15, 0.2) is 17.5 Å². The van der Waals surface area contributed by atoms with E-state index in [0.717, 1.165) is 76.9 Å². The van der Waals surface area contributed by atoms with E-state index in [-0.39, 0.29) is 0 Å². The lowest BCUT2D eigenvalue weighted by Gasteiger charge is -2.15. The molecule has 0 aliphatic heterocycles. The molecule has 9 aromatic carbocycles. The molecule has 0 fully saturated rings. The van der Waals surface area contributed by atoms with Gasteiger partial charge in [-0.2, -0.15) is 0 Å². The van der Waals surface area contributed by atoms with E-state index in [1.807, 2.05) is 60.9 Å². The van der Waals surface area contributed by atoms with Crippen LogP contribution in [0.5, 0.6) is 0 Å². The maximum atomic E-state index is 6.29. The molecular weight excluding hydrogens is 721 g/mol. The van der Waals surface area contributed by atoms with Crippen LogP contribution >= 0.6 is 0 Å². The molecule has 0 N–H and O–H groups in total. The maximum absolute atomic E-state index is 6.29. The van der Waals surface area contributed by atoms with Crippen LogP contribution in [0.1, 0.15) is 0 Å². The van der Waals surface area contributed by atoms with Crippen molar-refractivity contribution in [2.45, 2.75) is 0 Å². The number of hydrogen-bond donors (Lipinski definition) is 0. The van der Waals surface area contributed by atoms with Gasteiger partial charge in [-0.25, -0.2) is 15.0 Å². The fourth-order valence-electron chi connectivity index (χ4n) is 8.87. The Morgan fingerprint density at radius 3 is 1.80 bits per heavy atom. The molecule has 5 nitrogen and oxygen atoms in total. The molecule has 3 aromatic heterocycles. The van der Waals surface area contributed by atoms with Crippen LogP contribution in [0.15, 0.2) is 199 Å². The standard InChI is InChI=1S/C54H32N4O/c1-2-12-35(13-3-1)52-56-53(36-23-21-34(22-24-36)46-31-37-29-30-55-32-47(37)43-26-25-33-11-4-5-14-38(33)50(43)46)58-54(57-52)44-28-27-41(39-15-6-7-16-40(39)44)42-18-10-20-49-51(42)45-17-8-9-19-48(45)59-49/h1-32H. The molecule has 3 heterocycles. The molecule has 0 bridgehead atoms. The number of benzene rings is 9. The van der Waals surface area contributed by atoms with Gasteiger partial charge in [0.25, 0.3) is 0 Å². The number of furan rings is 1. The van der Waals surface area contributed by atoms with Crippen molar-refractivity contribution >= 4 is 65.0 Å². The van der Waals surface area contributed by atoms with Gasteiger partial charge in [-0.15, -0.1) is 0 Å². The summed E-state index contributed by atoms with van der Waals surface area (Å²) in [6.45, 7) is 0. The predicted molar refractivity (Wildman–Crippen MR) is 242 cm³/mol. The van der Waals surface area contributed by atoms with Crippen molar-refractivity contribution in [2.24, 2.45) is 0 Å². The van der Waals surface area contributed by atoms with E-state index in [4.69, 9.17) is 19.4 Å². The van der Waals surface area contributed by atoms with Gasteiger partial charge in [-0.3, -0.25) is 4.98 Å². The van der Waals surface area contributed by atoms with Crippen molar-refractivity contribution in [3.05, 3.63) is 194 Å². The minimum atomic E-state index is 0.614. The number of pyridine rings is 1. The lowest BCUT2D eigenvalue weighted by molar-refractivity contribution is 0.669. The van der Waals surface area contributed by atoms with Gasteiger partial charge in [0, 0.05) is 45.2 Å². The number of nitrogens with zero attached hydrogens (tertiary/aromatic N) is 4.